The van der Waals surface area contributed by atoms with Crippen molar-refractivity contribution in [1.29, 1.82) is 0 Å². The molecule has 224 valence electrons. The quantitative estimate of drug-likeness (QED) is 0.205. The standard InChI is InChI=1S/2C16H21NO2S.ClH/c2*18-14-4-7-17(12-14)8-10-19-9-5-13-2-1-3-16-15(13)6-11-20-16;/h2*1-3,6,11,14,18H,4-5,7-10,12H2;1H. The largest absolute Gasteiger partial charge is 0.392 e. The smallest absolute Gasteiger partial charge is 0.0679 e. The molecule has 9 heteroatoms. The van der Waals surface area contributed by atoms with E-state index in [1.165, 1.54) is 31.3 Å². The van der Waals surface area contributed by atoms with Crippen LogP contribution in [0.1, 0.15) is 24.0 Å². The first-order valence-corrected chi connectivity index (χ1v) is 16.3. The maximum atomic E-state index is 9.45. The van der Waals surface area contributed by atoms with Crippen molar-refractivity contribution >= 4 is 55.3 Å². The molecular formula is C32H43ClN2O4S2. The van der Waals surface area contributed by atoms with Gasteiger partial charge in [-0.3, -0.25) is 9.80 Å². The molecule has 2 aromatic carbocycles. The van der Waals surface area contributed by atoms with Gasteiger partial charge in [0.15, 0.2) is 0 Å². The normalized spacial score (nSPS) is 19.5. The highest BCUT2D eigenvalue weighted by molar-refractivity contribution is 7.17. The SMILES string of the molecule is Cl.OC1CCN(CCOCCc2cccc3sccc23)C1.OC1CCN(CCOCCc2cccc3sccc23)C1. The van der Waals surface area contributed by atoms with Crippen LogP contribution >= 0.6 is 35.1 Å². The number of nitrogens with zero attached hydrogens (tertiary/aromatic N) is 2. The van der Waals surface area contributed by atoms with E-state index in [0.717, 1.165) is 91.4 Å². The summed E-state index contributed by atoms with van der Waals surface area (Å²) in [5, 5.41) is 25.9. The summed E-state index contributed by atoms with van der Waals surface area (Å²) in [6.45, 7) is 8.52. The first-order chi connectivity index (χ1) is 19.7. The van der Waals surface area contributed by atoms with Crippen LogP contribution in [0.5, 0.6) is 0 Å². The number of rotatable bonds is 12. The molecule has 4 heterocycles. The van der Waals surface area contributed by atoms with Crippen molar-refractivity contribution in [3.8, 4) is 0 Å². The molecule has 4 aromatic rings. The molecule has 0 spiro atoms. The van der Waals surface area contributed by atoms with Gasteiger partial charge in [0.1, 0.15) is 0 Å². The first kappa shape index (κ1) is 32.3. The summed E-state index contributed by atoms with van der Waals surface area (Å²) in [5.74, 6) is 0. The van der Waals surface area contributed by atoms with Gasteiger partial charge in [-0.2, -0.15) is 0 Å². The number of thiophene rings is 2. The number of hydrogen-bond donors (Lipinski definition) is 2. The van der Waals surface area contributed by atoms with Gasteiger partial charge in [-0.15, -0.1) is 35.1 Å². The van der Waals surface area contributed by atoms with E-state index in [9.17, 15) is 10.2 Å². The zero-order valence-corrected chi connectivity index (χ0v) is 26.1. The van der Waals surface area contributed by atoms with E-state index in [2.05, 4.69) is 69.1 Å². The second kappa shape index (κ2) is 16.9. The Kier molecular flexibility index (Phi) is 13.3. The minimum absolute atomic E-state index is 0. The van der Waals surface area contributed by atoms with Crippen molar-refractivity contribution < 1.29 is 19.7 Å². The zero-order chi connectivity index (χ0) is 27.6. The highest BCUT2D eigenvalue weighted by atomic mass is 35.5. The van der Waals surface area contributed by atoms with Gasteiger partial charge >= 0.3 is 0 Å². The van der Waals surface area contributed by atoms with Crippen molar-refractivity contribution in [3.05, 3.63) is 70.4 Å². The van der Waals surface area contributed by atoms with E-state index in [-0.39, 0.29) is 24.6 Å². The van der Waals surface area contributed by atoms with Crippen molar-refractivity contribution in [1.82, 2.24) is 9.80 Å². The topological polar surface area (TPSA) is 65.4 Å². The fourth-order valence-corrected chi connectivity index (χ4v) is 7.20. The predicted molar refractivity (Wildman–Crippen MR) is 174 cm³/mol. The minimum Gasteiger partial charge on any atom is -0.392 e. The molecule has 0 saturated carbocycles. The summed E-state index contributed by atoms with van der Waals surface area (Å²) >= 11 is 3.58. The molecule has 2 aliphatic rings. The van der Waals surface area contributed by atoms with Crippen molar-refractivity contribution in [2.75, 3.05) is 65.7 Å². The third kappa shape index (κ3) is 9.71. The molecule has 2 fully saturated rings. The number of benzene rings is 2. The molecule has 2 N–H and O–H groups in total. The van der Waals surface area contributed by atoms with Crippen LogP contribution < -0.4 is 0 Å². The van der Waals surface area contributed by atoms with Crippen LogP contribution in [0.3, 0.4) is 0 Å². The minimum atomic E-state index is -0.133. The molecule has 2 aromatic heterocycles. The second-order valence-electron chi connectivity index (χ2n) is 10.7. The van der Waals surface area contributed by atoms with E-state index in [1.807, 2.05) is 0 Å². The first-order valence-electron chi connectivity index (χ1n) is 14.5. The molecule has 0 bridgehead atoms. The van der Waals surface area contributed by atoms with Gasteiger partial charge in [-0.05, 0) is 82.6 Å². The third-order valence-corrected chi connectivity index (χ3v) is 9.57. The number of aliphatic hydroxyl groups is 2. The fraction of sp³-hybridized carbons (Fsp3) is 0.500. The molecule has 2 unspecified atom stereocenters. The summed E-state index contributed by atoms with van der Waals surface area (Å²) in [7, 11) is 0. The molecule has 2 saturated heterocycles. The predicted octanol–water partition coefficient (Wildman–Crippen LogP) is 5.48. The number of likely N-dealkylation sites (tertiary alicyclic amines) is 2. The van der Waals surface area contributed by atoms with Gasteiger partial charge in [0, 0.05) is 48.7 Å². The van der Waals surface area contributed by atoms with Gasteiger partial charge in [-0.1, -0.05) is 24.3 Å². The van der Waals surface area contributed by atoms with Gasteiger partial charge in [0.05, 0.1) is 38.6 Å². The summed E-state index contributed by atoms with van der Waals surface area (Å²) in [4.78, 5) is 4.54. The zero-order valence-electron chi connectivity index (χ0n) is 23.7. The fourth-order valence-electron chi connectivity index (χ4n) is 5.54. The van der Waals surface area contributed by atoms with Crippen LogP contribution in [-0.2, 0) is 22.3 Å². The maximum absolute atomic E-state index is 9.45. The summed E-state index contributed by atoms with van der Waals surface area (Å²) in [6.07, 6.45) is 3.48. The summed E-state index contributed by atoms with van der Waals surface area (Å²) in [5.41, 5.74) is 2.75. The molecule has 0 radical (unpaired) electrons. The van der Waals surface area contributed by atoms with Crippen molar-refractivity contribution in [3.63, 3.8) is 0 Å². The van der Waals surface area contributed by atoms with Crippen LogP contribution in [0.4, 0.5) is 0 Å². The van der Waals surface area contributed by atoms with Crippen LogP contribution in [0, 0.1) is 0 Å². The molecular weight excluding hydrogens is 576 g/mol. The van der Waals surface area contributed by atoms with Crippen molar-refractivity contribution in [2.24, 2.45) is 0 Å². The monoisotopic (exact) mass is 618 g/mol. The number of halogens is 1. The van der Waals surface area contributed by atoms with E-state index in [1.54, 1.807) is 22.7 Å². The molecule has 0 amide bonds. The van der Waals surface area contributed by atoms with E-state index in [4.69, 9.17) is 9.47 Å². The molecule has 2 aliphatic heterocycles. The van der Waals surface area contributed by atoms with Gasteiger partial charge < -0.3 is 19.7 Å². The average Bonchev–Trinajstić information content (AvgIpc) is 3.77. The van der Waals surface area contributed by atoms with Gasteiger partial charge in [0.2, 0.25) is 0 Å². The highest BCUT2D eigenvalue weighted by Crippen LogP contribution is 2.25. The van der Waals surface area contributed by atoms with Crippen LogP contribution in [0.15, 0.2) is 59.3 Å². The lowest BCUT2D eigenvalue weighted by Crippen LogP contribution is -2.26. The van der Waals surface area contributed by atoms with Crippen LogP contribution in [0.25, 0.3) is 20.2 Å². The number of aliphatic hydroxyl groups excluding tert-OH is 2. The van der Waals surface area contributed by atoms with E-state index >= 15 is 0 Å². The van der Waals surface area contributed by atoms with Crippen LogP contribution in [0.2, 0.25) is 0 Å². The Labute approximate surface area is 257 Å². The lowest BCUT2D eigenvalue weighted by atomic mass is 10.1. The van der Waals surface area contributed by atoms with Crippen LogP contribution in [-0.4, -0.2) is 97.9 Å². The second-order valence-corrected chi connectivity index (χ2v) is 12.6. The summed E-state index contributed by atoms with van der Waals surface area (Å²) < 4.78 is 14.2. The lowest BCUT2D eigenvalue weighted by Gasteiger charge is -2.14. The van der Waals surface area contributed by atoms with E-state index in [0.29, 0.717) is 0 Å². The van der Waals surface area contributed by atoms with Gasteiger partial charge in [0.25, 0.3) is 0 Å². The Morgan fingerprint density at radius 3 is 1.54 bits per heavy atom. The lowest BCUT2D eigenvalue weighted by molar-refractivity contribution is 0.106. The molecule has 41 heavy (non-hydrogen) atoms. The maximum Gasteiger partial charge on any atom is 0.0679 e. The molecule has 6 nitrogen and oxygen atoms in total. The highest BCUT2D eigenvalue weighted by Gasteiger charge is 2.20. The third-order valence-electron chi connectivity index (χ3n) is 7.80. The van der Waals surface area contributed by atoms with Crippen molar-refractivity contribution in [2.45, 2.75) is 37.9 Å². The Bertz CT molecular complexity index is 1220. The number of β-amino-alcohol motifs (C(OH)–C–C–N with tert-alkyl or cyclic N) is 2. The van der Waals surface area contributed by atoms with Gasteiger partial charge in [-0.25, -0.2) is 0 Å². The Balaban J connectivity index is 0.000000184. The number of fused-ring (bicyclic) bond motifs is 2. The molecule has 2 atom stereocenters. The summed E-state index contributed by atoms with van der Waals surface area (Å²) in [6, 6.07) is 17.4. The number of ether oxygens (including phenoxy) is 2. The average molecular weight is 619 g/mol. The molecule has 0 aliphatic carbocycles. The Morgan fingerprint density at radius 1 is 0.659 bits per heavy atom. The molecule has 6 rings (SSSR count). The Hall–Kier alpha value is -1.59. The van der Waals surface area contributed by atoms with E-state index < -0.39 is 0 Å². The Morgan fingerprint density at radius 2 is 1.12 bits per heavy atom. The number of hydrogen-bond acceptors (Lipinski definition) is 8.